The standard InChI is InChI=1S/C17H23F3N2O2/c1-12(13-4-6-14(7-5-13)17(18,19)20)11-21-16(23)22-15-3-2-9-24-10-8-15/h4-7,12,15H,2-3,8-11H2,1H3,(H2,21,22,23). The van der Waals surface area contributed by atoms with E-state index in [0.29, 0.717) is 13.2 Å². The van der Waals surface area contributed by atoms with Crippen molar-refractivity contribution in [3.63, 3.8) is 0 Å². The quantitative estimate of drug-likeness (QED) is 0.875. The maximum atomic E-state index is 12.6. The molecule has 0 saturated carbocycles. The molecule has 0 bridgehead atoms. The van der Waals surface area contributed by atoms with Gasteiger partial charge in [-0.2, -0.15) is 13.2 Å². The van der Waals surface area contributed by atoms with Crippen molar-refractivity contribution in [1.29, 1.82) is 0 Å². The van der Waals surface area contributed by atoms with Gasteiger partial charge in [0.25, 0.3) is 0 Å². The van der Waals surface area contributed by atoms with Crippen molar-refractivity contribution in [3.8, 4) is 0 Å². The number of alkyl halides is 3. The zero-order valence-corrected chi connectivity index (χ0v) is 13.7. The molecule has 1 heterocycles. The van der Waals surface area contributed by atoms with Crippen LogP contribution in [0.1, 0.15) is 43.2 Å². The summed E-state index contributed by atoms with van der Waals surface area (Å²) in [5, 5.41) is 5.70. The summed E-state index contributed by atoms with van der Waals surface area (Å²) in [6, 6.07) is 4.90. The van der Waals surface area contributed by atoms with E-state index in [9.17, 15) is 18.0 Å². The van der Waals surface area contributed by atoms with E-state index in [4.69, 9.17) is 4.74 Å². The van der Waals surface area contributed by atoms with Gasteiger partial charge in [-0.3, -0.25) is 0 Å². The summed E-state index contributed by atoms with van der Waals surface area (Å²) < 4.78 is 43.0. The topological polar surface area (TPSA) is 50.4 Å². The van der Waals surface area contributed by atoms with Gasteiger partial charge in [0.1, 0.15) is 0 Å². The Morgan fingerprint density at radius 1 is 1.25 bits per heavy atom. The number of halogens is 3. The van der Waals surface area contributed by atoms with E-state index in [2.05, 4.69) is 10.6 Å². The lowest BCUT2D eigenvalue weighted by Gasteiger charge is -2.18. The Morgan fingerprint density at radius 3 is 2.62 bits per heavy atom. The second-order valence-corrected chi connectivity index (χ2v) is 6.12. The molecule has 1 aromatic carbocycles. The molecule has 134 valence electrons. The second kappa shape index (κ2) is 8.37. The van der Waals surface area contributed by atoms with Gasteiger partial charge in [-0.25, -0.2) is 4.79 Å². The summed E-state index contributed by atoms with van der Waals surface area (Å²) in [6.45, 7) is 3.60. The molecule has 24 heavy (non-hydrogen) atoms. The molecule has 7 heteroatoms. The van der Waals surface area contributed by atoms with Crippen molar-refractivity contribution < 1.29 is 22.7 Å². The van der Waals surface area contributed by atoms with Crippen LogP contribution in [-0.2, 0) is 10.9 Å². The Hall–Kier alpha value is -1.76. The maximum Gasteiger partial charge on any atom is 0.416 e. The molecule has 1 aliphatic heterocycles. The van der Waals surface area contributed by atoms with Crippen molar-refractivity contribution in [2.24, 2.45) is 0 Å². The van der Waals surface area contributed by atoms with E-state index in [0.717, 1.165) is 43.6 Å². The molecule has 2 amide bonds. The fourth-order valence-corrected chi connectivity index (χ4v) is 2.65. The molecule has 0 radical (unpaired) electrons. The Balaban J connectivity index is 1.79. The van der Waals surface area contributed by atoms with Gasteiger partial charge in [0.15, 0.2) is 0 Å². The third kappa shape index (κ3) is 5.70. The Kier molecular flexibility index (Phi) is 6.48. The fourth-order valence-electron chi connectivity index (χ4n) is 2.65. The Labute approximate surface area is 139 Å². The molecule has 2 atom stereocenters. The van der Waals surface area contributed by atoms with Crippen LogP contribution in [-0.4, -0.2) is 31.8 Å². The smallest absolute Gasteiger partial charge is 0.381 e. The van der Waals surface area contributed by atoms with Gasteiger partial charge >= 0.3 is 12.2 Å². The van der Waals surface area contributed by atoms with E-state index in [1.165, 1.54) is 12.1 Å². The molecule has 1 aliphatic rings. The van der Waals surface area contributed by atoms with E-state index in [-0.39, 0.29) is 18.0 Å². The highest BCUT2D eigenvalue weighted by Crippen LogP contribution is 2.30. The van der Waals surface area contributed by atoms with Crippen molar-refractivity contribution in [2.45, 2.75) is 44.3 Å². The highest BCUT2D eigenvalue weighted by Gasteiger charge is 2.30. The molecule has 1 fully saturated rings. The molecular formula is C17H23F3N2O2. The number of hydrogen-bond donors (Lipinski definition) is 2. The average Bonchev–Trinajstić information content (AvgIpc) is 2.80. The largest absolute Gasteiger partial charge is 0.416 e. The van der Waals surface area contributed by atoms with Crippen LogP contribution in [0.4, 0.5) is 18.0 Å². The maximum absolute atomic E-state index is 12.6. The normalized spacial score (nSPS) is 20.1. The first-order valence-corrected chi connectivity index (χ1v) is 8.15. The van der Waals surface area contributed by atoms with Crippen LogP contribution in [0.5, 0.6) is 0 Å². The molecular weight excluding hydrogens is 321 g/mol. The summed E-state index contributed by atoms with van der Waals surface area (Å²) in [7, 11) is 0. The highest BCUT2D eigenvalue weighted by molar-refractivity contribution is 5.74. The van der Waals surface area contributed by atoms with Gasteiger partial charge < -0.3 is 15.4 Å². The van der Waals surface area contributed by atoms with Crippen LogP contribution in [0.3, 0.4) is 0 Å². The molecule has 1 aromatic rings. The van der Waals surface area contributed by atoms with E-state index in [1.807, 2.05) is 6.92 Å². The van der Waals surface area contributed by atoms with Crippen LogP contribution in [0, 0.1) is 0 Å². The third-order valence-electron chi connectivity index (χ3n) is 4.16. The Morgan fingerprint density at radius 2 is 1.96 bits per heavy atom. The van der Waals surface area contributed by atoms with Gasteiger partial charge in [0, 0.05) is 25.8 Å². The lowest BCUT2D eigenvalue weighted by molar-refractivity contribution is -0.137. The van der Waals surface area contributed by atoms with E-state index < -0.39 is 11.7 Å². The van der Waals surface area contributed by atoms with Crippen molar-refractivity contribution in [2.75, 3.05) is 19.8 Å². The van der Waals surface area contributed by atoms with Crippen LogP contribution >= 0.6 is 0 Å². The lowest BCUT2D eigenvalue weighted by atomic mass is 10.00. The molecule has 0 aromatic heterocycles. The van der Waals surface area contributed by atoms with Gasteiger partial charge in [-0.1, -0.05) is 19.1 Å². The number of benzene rings is 1. The van der Waals surface area contributed by atoms with Crippen molar-refractivity contribution in [1.82, 2.24) is 10.6 Å². The van der Waals surface area contributed by atoms with Gasteiger partial charge in [-0.15, -0.1) is 0 Å². The summed E-state index contributed by atoms with van der Waals surface area (Å²) in [5.74, 6) is -0.0736. The summed E-state index contributed by atoms with van der Waals surface area (Å²) >= 11 is 0. The first-order valence-electron chi connectivity index (χ1n) is 8.15. The van der Waals surface area contributed by atoms with Crippen LogP contribution in [0.15, 0.2) is 24.3 Å². The molecule has 2 N–H and O–H groups in total. The molecule has 4 nitrogen and oxygen atoms in total. The second-order valence-electron chi connectivity index (χ2n) is 6.12. The number of hydrogen-bond acceptors (Lipinski definition) is 2. The zero-order chi connectivity index (χ0) is 17.6. The molecule has 2 rings (SSSR count). The number of carbonyl (C=O) groups is 1. The predicted molar refractivity (Wildman–Crippen MR) is 84.9 cm³/mol. The monoisotopic (exact) mass is 344 g/mol. The zero-order valence-electron chi connectivity index (χ0n) is 13.7. The van der Waals surface area contributed by atoms with Gasteiger partial charge in [0.05, 0.1) is 5.56 Å². The number of amides is 2. The predicted octanol–water partition coefficient (Wildman–Crippen LogP) is 3.68. The number of carbonyl (C=O) groups excluding carboxylic acids is 1. The van der Waals surface area contributed by atoms with Crippen LogP contribution < -0.4 is 10.6 Å². The number of urea groups is 1. The van der Waals surface area contributed by atoms with E-state index in [1.54, 1.807) is 0 Å². The van der Waals surface area contributed by atoms with Crippen LogP contribution in [0.2, 0.25) is 0 Å². The molecule has 0 aliphatic carbocycles. The van der Waals surface area contributed by atoms with Crippen molar-refractivity contribution in [3.05, 3.63) is 35.4 Å². The lowest BCUT2D eigenvalue weighted by Crippen LogP contribution is -2.43. The highest BCUT2D eigenvalue weighted by atomic mass is 19.4. The number of nitrogens with one attached hydrogen (secondary N) is 2. The fraction of sp³-hybridized carbons (Fsp3) is 0.588. The number of rotatable bonds is 4. The summed E-state index contributed by atoms with van der Waals surface area (Å²) in [5.41, 5.74) is 0.0888. The van der Waals surface area contributed by atoms with Crippen molar-refractivity contribution >= 4 is 6.03 Å². The minimum absolute atomic E-state index is 0.0736. The minimum Gasteiger partial charge on any atom is -0.381 e. The van der Waals surface area contributed by atoms with Gasteiger partial charge in [0.2, 0.25) is 0 Å². The Bertz CT molecular complexity index is 524. The number of ether oxygens (including phenoxy) is 1. The first kappa shape index (κ1) is 18.6. The van der Waals surface area contributed by atoms with E-state index >= 15 is 0 Å². The van der Waals surface area contributed by atoms with Gasteiger partial charge in [-0.05, 0) is 42.9 Å². The SMILES string of the molecule is CC(CNC(=O)NC1CCCOCC1)c1ccc(C(F)(F)F)cc1. The summed E-state index contributed by atoms with van der Waals surface area (Å²) in [4.78, 5) is 11.9. The van der Waals surface area contributed by atoms with Crippen LogP contribution in [0.25, 0.3) is 0 Å². The molecule has 1 saturated heterocycles. The minimum atomic E-state index is -4.33. The summed E-state index contributed by atoms with van der Waals surface area (Å²) in [6.07, 6.45) is -1.72. The third-order valence-corrected chi connectivity index (χ3v) is 4.16. The molecule has 2 unspecified atom stereocenters. The average molecular weight is 344 g/mol. The molecule has 0 spiro atoms. The first-order chi connectivity index (χ1) is 11.4.